The van der Waals surface area contributed by atoms with Gasteiger partial charge in [0.25, 0.3) is 0 Å². The third kappa shape index (κ3) is 5.02. The molecular formula is C16H26N4O. The maximum Gasteiger partial charge on any atom is 0.225 e. The first-order chi connectivity index (χ1) is 10.0. The Morgan fingerprint density at radius 3 is 2.86 bits per heavy atom. The average Bonchev–Trinajstić information content (AvgIpc) is 2.64. The van der Waals surface area contributed by atoms with Crippen molar-refractivity contribution in [3.8, 4) is 0 Å². The fraction of sp³-hybridized carbons (Fsp3) is 0.562. The van der Waals surface area contributed by atoms with Gasteiger partial charge in [-0.3, -0.25) is 4.79 Å². The van der Waals surface area contributed by atoms with E-state index in [9.17, 15) is 4.79 Å². The van der Waals surface area contributed by atoms with E-state index in [1.165, 1.54) is 6.42 Å². The Morgan fingerprint density at radius 1 is 1.29 bits per heavy atom. The van der Waals surface area contributed by atoms with Crippen LogP contribution >= 0.6 is 0 Å². The Balaban J connectivity index is 1.79. The van der Waals surface area contributed by atoms with Crippen molar-refractivity contribution >= 4 is 17.3 Å². The highest BCUT2D eigenvalue weighted by atomic mass is 16.1. The summed E-state index contributed by atoms with van der Waals surface area (Å²) in [6, 6.07) is 5.55. The number of rotatable bonds is 4. The zero-order valence-electron chi connectivity index (χ0n) is 13.1. The van der Waals surface area contributed by atoms with Gasteiger partial charge >= 0.3 is 0 Å². The molecule has 0 bridgehead atoms. The molecule has 1 saturated heterocycles. The predicted molar refractivity (Wildman–Crippen MR) is 87.4 cm³/mol. The van der Waals surface area contributed by atoms with Crippen molar-refractivity contribution < 1.29 is 4.79 Å². The maximum absolute atomic E-state index is 12.1. The van der Waals surface area contributed by atoms with Crippen LogP contribution in [0.25, 0.3) is 0 Å². The largest absolute Gasteiger partial charge is 0.399 e. The Morgan fingerprint density at radius 2 is 2.10 bits per heavy atom. The van der Waals surface area contributed by atoms with Crippen molar-refractivity contribution in [2.45, 2.75) is 19.8 Å². The monoisotopic (exact) mass is 290 g/mol. The minimum atomic E-state index is 0.0699. The van der Waals surface area contributed by atoms with E-state index >= 15 is 0 Å². The molecule has 0 spiro atoms. The Kier molecular flexibility index (Phi) is 5.59. The number of carbonyl (C=O) groups excluding carboxylic acids is 1. The van der Waals surface area contributed by atoms with Crippen molar-refractivity contribution in [2.24, 2.45) is 0 Å². The molecule has 1 fully saturated rings. The van der Waals surface area contributed by atoms with E-state index in [2.05, 4.69) is 22.2 Å². The fourth-order valence-corrected chi connectivity index (χ4v) is 2.62. The quantitative estimate of drug-likeness (QED) is 0.826. The Hall–Kier alpha value is -1.59. The third-order valence-corrected chi connectivity index (χ3v) is 3.99. The first-order valence-electron chi connectivity index (χ1n) is 7.61. The molecule has 0 saturated carbocycles. The normalized spacial score (nSPS) is 17.4. The summed E-state index contributed by atoms with van der Waals surface area (Å²) in [4.78, 5) is 16.8. The molecular weight excluding hydrogens is 264 g/mol. The first-order valence-corrected chi connectivity index (χ1v) is 7.61. The lowest BCUT2D eigenvalue weighted by Crippen LogP contribution is -2.31. The summed E-state index contributed by atoms with van der Waals surface area (Å²) in [5.74, 6) is 0.0699. The number of nitrogens with two attached hydrogens (primary N) is 1. The lowest BCUT2D eigenvalue weighted by molar-refractivity contribution is -0.116. The molecule has 0 radical (unpaired) electrons. The Bertz CT molecular complexity index is 489. The number of nitrogens with zero attached hydrogens (tertiary/aromatic N) is 2. The van der Waals surface area contributed by atoms with Crippen LogP contribution in [0.2, 0.25) is 0 Å². The lowest BCUT2D eigenvalue weighted by Gasteiger charge is -2.19. The van der Waals surface area contributed by atoms with E-state index < -0.39 is 0 Å². The van der Waals surface area contributed by atoms with Crippen molar-refractivity contribution in [3.63, 3.8) is 0 Å². The second-order valence-electron chi connectivity index (χ2n) is 5.87. The van der Waals surface area contributed by atoms with Gasteiger partial charge in [0.1, 0.15) is 0 Å². The van der Waals surface area contributed by atoms with Crippen molar-refractivity contribution in [3.05, 3.63) is 23.8 Å². The predicted octanol–water partition coefficient (Wildman–Crippen LogP) is 1.54. The standard InChI is InChI=1S/C16H26N4O/c1-13-12-14(17)4-5-15(13)18-16(21)6-9-20-8-3-7-19(2)10-11-20/h4-5,12H,3,6-11,17H2,1-2H3,(H,18,21). The van der Waals surface area contributed by atoms with E-state index in [1.807, 2.05) is 25.1 Å². The van der Waals surface area contributed by atoms with Crippen LogP contribution in [-0.4, -0.2) is 55.5 Å². The van der Waals surface area contributed by atoms with E-state index in [1.54, 1.807) is 0 Å². The van der Waals surface area contributed by atoms with E-state index in [0.717, 1.165) is 49.7 Å². The molecule has 1 amide bonds. The number of anilines is 2. The van der Waals surface area contributed by atoms with Crippen LogP contribution in [0.3, 0.4) is 0 Å². The number of hydrogen-bond acceptors (Lipinski definition) is 4. The van der Waals surface area contributed by atoms with E-state index in [4.69, 9.17) is 5.73 Å². The van der Waals surface area contributed by atoms with E-state index in [0.29, 0.717) is 6.42 Å². The van der Waals surface area contributed by atoms with Crippen molar-refractivity contribution in [2.75, 3.05) is 50.8 Å². The summed E-state index contributed by atoms with van der Waals surface area (Å²) in [6.07, 6.45) is 1.71. The van der Waals surface area contributed by atoms with Crippen LogP contribution in [-0.2, 0) is 4.79 Å². The number of carbonyl (C=O) groups is 1. The summed E-state index contributed by atoms with van der Waals surface area (Å²) in [6.45, 7) is 7.14. The minimum absolute atomic E-state index is 0.0699. The van der Waals surface area contributed by atoms with Gasteiger partial charge in [-0.15, -0.1) is 0 Å². The molecule has 0 aromatic heterocycles. The second-order valence-corrected chi connectivity index (χ2v) is 5.87. The number of aryl methyl sites for hydroxylation is 1. The summed E-state index contributed by atoms with van der Waals surface area (Å²) < 4.78 is 0. The van der Waals surface area contributed by atoms with Crippen molar-refractivity contribution in [1.29, 1.82) is 0 Å². The molecule has 5 heteroatoms. The van der Waals surface area contributed by atoms with Crippen LogP contribution < -0.4 is 11.1 Å². The molecule has 1 aliphatic heterocycles. The highest BCUT2D eigenvalue weighted by Gasteiger charge is 2.13. The summed E-state index contributed by atoms with van der Waals surface area (Å²) in [5, 5.41) is 2.97. The second kappa shape index (κ2) is 7.43. The van der Waals surface area contributed by atoms with Crippen molar-refractivity contribution in [1.82, 2.24) is 9.80 Å². The summed E-state index contributed by atoms with van der Waals surface area (Å²) >= 11 is 0. The number of nitrogens with one attached hydrogen (secondary N) is 1. The van der Waals surface area contributed by atoms with Gasteiger partial charge in [0.2, 0.25) is 5.91 Å². The van der Waals surface area contributed by atoms with Gasteiger partial charge in [0.05, 0.1) is 0 Å². The minimum Gasteiger partial charge on any atom is -0.399 e. The smallest absolute Gasteiger partial charge is 0.225 e. The van der Waals surface area contributed by atoms with Gasteiger partial charge in [0.15, 0.2) is 0 Å². The van der Waals surface area contributed by atoms with Crippen LogP contribution in [0.5, 0.6) is 0 Å². The third-order valence-electron chi connectivity index (χ3n) is 3.99. The van der Waals surface area contributed by atoms with Gasteiger partial charge in [0, 0.05) is 37.4 Å². The molecule has 3 N–H and O–H groups in total. The number of benzene rings is 1. The van der Waals surface area contributed by atoms with Crippen LogP contribution in [0.1, 0.15) is 18.4 Å². The maximum atomic E-state index is 12.1. The molecule has 1 aromatic carbocycles. The van der Waals surface area contributed by atoms with Gasteiger partial charge in [-0.2, -0.15) is 0 Å². The summed E-state index contributed by atoms with van der Waals surface area (Å²) in [5.41, 5.74) is 8.29. The number of likely N-dealkylation sites (N-methyl/N-ethyl adjacent to an activating group) is 1. The highest BCUT2D eigenvalue weighted by molar-refractivity contribution is 5.91. The SMILES string of the molecule is Cc1cc(N)ccc1NC(=O)CCN1CCCN(C)CC1. The van der Waals surface area contributed by atoms with Crippen LogP contribution in [0, 0.1) is 6.92 Å². The molecule has 0 atom stereocenters. The molecule has 1 aliphatic rings. The van der Waals surface area contributed by atoms with E-state index in [-0.39, 0.29) is 5.91 Å². The fourth-order valence-electron chi connectivity index (χ4n) is 2.62. The number of amides is 1. The molecule has 0 aliphatic carbocycles. The molecule has 1 heterocycles. The number of nitrogen functional groups attached to an aromatic ring is 1. The van der Waals surface area contributed by atoms with Gasteiger partial charge in [-0.1, -0.05) is 0 Å². The van der Waals surface area contributed by atoms with Gasteiger partial charge in [-0.25, -0.2) is 0 Å². The summed E-state index contributed by atoms with van der Waals surface area (Å²) in [7, 11) is 2.15. The zero-order valence-corrected chi connectivity index (χ0v) is 13.1. The molecule has 2 rings (SSSR count). The molecule has 116 valence electrons. The lowest BCUT2D eigenvalue weighted by atomic mass is 10.1. The Labute approximate surface area is 127 Å². The molecule has 5 nitrogen and oxygen atoms in total. The van der Waals surface area contributed by atoms with Gasteiger partial charge in [-0.05, 0) is 57.2 Å². The first kappa shape index (κ1) is 15.8. The average molecular weight is 290 g/mol. The molecule has 21 heavy (non-hydrogen) atoms. The van der Waals surface area contributed by atoms with Crippen LogP contribution in [0.15, 0.2) is 18.2 Å². The zero-order chi connectivity index (χ0) is 15.2. The topological polar surface area (TPSA) is 61.6 Å². The van der Waals surface area contributed by atoms with Gasteiger partial charge < -0.3 is 20.9 Å². The van der Waals surface area contributed by atoms with Crippen LogP contribution in [0.4, 0.5) is 11.4 Å². The molecule has 1 aromatic rings. The highest BCUT2D eigenvalue weighted by Crippen LogP contribution is 2.17. The molecule has 0 unspecified atom stereocenters. The number of hydrogen-bond donors (Lipinski definition) is 2.